The predicted octanol–water partition coefficient (Wildman–Crippen LogP) is 2.56. The van der Waals surface area contributed by atoms with Crippen molar-refractivity contribution in [1.29, 1.82) is 5.26 Å². The zero-order valence-corrected chi connectivity index (χ0v) is 18.0. The van der Waals surface area contributed by atoms with Gasteiger partial charge in [0, 0.05) is 31.3 Å². The SMILES string of the molecule is COc1ccc(-c2ccnc(Cc3ccc(N4CCNC(=O)C4)c(OC)c3)n2)cc1C#N. The first-order chi connectivity index (χ1) is 15.6. The molecule has 0 spiro atoms. The highest BCUT2D eigenvalue weighted by atomic mass is 16.5. The van der Waals surface area contributed by atoms with Crippen molar-refractivity contribution in [3.05, 3.63) is 65.6 Å². The molecule has 1 saturated heterocycles. The Bertz CT molecular complexity index is 1190. The molecule has 1 aromatic heterocycles. The highest BCUT2D eigenvalue weighted by molar-refractivity contribution is 5.83. The van der Waals surface area contributed by atoms with Gasteiger partial charge >= 0.3 is 0 Å². The zero-order valence-electron chi connectivity index (χ0n) is 18.0. The molecule has 1 aliphatic heterocycles. The predicted molar refractivity (Wildman–Crippen MR) is 120 cm³/mol. The van der Waals surface area contributed by atoms with Crippen molar-refractivity contribution >= 4 is 11.6 Å². The average molecular weight is 429 g/mol. The van der Waals surface area contributed by atoms with Crippen molar-refractivity contribution in [1.82, 2.24) is 15.3 Å². The Morgan fingerprint density at radius 3 is 2.72 bits per heavy atom. The van der Waals surface area contributed by atoms with Crippen molar-refractivity contribution in [2.45, 2.75) is 6.42 Å². The van der Waals surface area contributed by atoms with E-state index in [2.05, 4.69) is 21.4 Å². The van der Waals surface area contributed by atoms with E-state index in [9.17, 15) is 10.1 Å². The summed E-state index contributed by atoms with van der Waals surface area (Å²) in [6.07, 6.45) is 2.23. The molecular formula is C24H23N5O3. The number of hydrogen-bond acceptors (Lipinski definition) is 7. The molecule has 32 heavy (non-hydrogen) atoms. The summed E-state index contributed by atoms with van der Waals surface area (Å²) in [6, 6.07) is 15.3. The second-order valence-corrected chi connectivity index (χ2v) is 7.34. The van der Waals surface area contributed by atoms with Crippen LogP contribution < -0.4 is 19.7 Å². The van der Waals surface area contributed by atoms with E-state index in [4.69, 9.17) is 9.47 Å². The number of hydrogen-bond donors (Lipinski definition) is 1. The Balaban J connectivity index is 1.57. The van der Waals surface area contributed by atoms with Crippen LogP contribution in [-0.2, 0) is 11.2 Å². The summed E-state index contributed by atoms with van der Waals surface area (Å²) < 4.78 is 10.8. The zero-order chi connectivity index (χ0) is 22.5. The normalized spacial score (nSPS) is 13.3. The van der Waals surface area contributed by atoms with Gasteiger partial charge in [0.2, 0.25) is 5.91 Å². The van der Waals surface area contributed by atoms with Gasteiger partial charge in [-0.1, -0.05) is 6.07 Å². The molecule has 0 aliphatic carbocycles. The highest BCUT2D eigenvalue weighted by Gasteiger charge is 2.20. The summed E-state index contributed by atoms with van der Waals surface area (Å²) >= 11 is 0. The van der Waals surface area contributed by atoms with Gasteiger partial charge in [-0.15, -0.1) is 0 Å². The lowest BCUT2D eigenvalue weighted by Crippen LogP contribution is -2.47. The number of piperazine rings is 1. The van der Waals surface area contributed by atoms with E-state index in [1.807, 2.05) is 35.2 Å². The Hall–Kier alpha value is -4.12. The Labute approximate surface area is 186 Å². The maximum Gasteiger partial charge on any atom is 0.239 e. The Morgan fingerprint density at radius 1 is 1.12 bits per heavy atom. The van der Waals surface area contributed by atoms with Crippen LogP contribution in [0, 0.1) is 11.3 Å². The van der Waals surface area contributed by atoms with Gasteiger partial charge in [-0.3, -0.25) is 4.79 Å². The van der Waals surface area contributed by atoms with Gasteiger partial charge in [-0.05, 0) is 42.0 Å². The molecule has 2 heterocycles. The first kappa shape index (κ1) is 21.1. The molecule has 1 aliphatic rings. The van der Waals surface area contributed by atoms with Crippen molar-refractivity contribution < 1.29 is 14.3 Å². The van der Waals surface area contributed by atoms with E-state index < -0.39 is 0 Å². The van der Waals surface area contributed by atoms with Crippen LogP contribution >= 0.6 is 0 Å². The first-order valence-corrected chi connectivity index (χ1v) is 10.2. The molecule has 3 aromatic rings. The van der Waals surface area contributed by atoms with Gasteiger partial charge < -0.3 is 19.7 Å². The summed E-state index contributed by atoms with van der Waals surface area (Å²) in [7, 11) is 3.17. The van der Waals surface area contributed by atoms with Gasteiger partial charge in [-0.2, -0.15) is 5.26 Å². The number of amides is 1. The van der Waals surface area contributed by atoms with E-state index >= 15 is 0 Å². The number of aromatic nitrogens is 2. The molecule has 162 valence electrons. The fraction of sp³-hybridized carbons (Fsp3) is 0.250. The van der Waals surface area contributed by atoms with Crippen LogP contribution in [-0.4, -0.2) is 49.7 Å². The summed E-state index contributed by atoms with van der Waals surface area (Å²) in [6.45, 7) is 1.66. The van der Waals surface area contributed by atoms with E-state index in [1.165, 1.54) is 7.11 Å². The minimum absolute atomic E-state index is 0.00526. The number of methoxy groups -OCH3 is 2. The number of nitriles is 1. The standard InChI is InChI=1S/C24H23N5O3/c1-31-21-6-4-17(13-18(21)14-25)19-7-8-26-23(28-19)12-16-3-5-20(22(11-16)32-2)29-10-9-27-24(30)15-29/h3-8,11,13H,9-10,12,15H2,1-2H3,(H,27,30). The molecule has 1 amide bonds. The van der Waals surface area contributed by atoms with E-state index in [0.29, 0.717) is 42.4 Å². The second-order valence-electron chi connectivity index (χ2n) is 7.34. The fourth-order valence-electron chi connectivity index (χ4n) is 3.72. The maximum atomic E-state index is 11.7. The van der Waals surface area contributed by atoms with Crippen molar-refractivity contribution in [3.8, 4) is 28.8 Å². The van der Waals surface area contributed by atoms with Crippen molar-refractivity contribution in [3.63, 3.8) is 0 Å². The molecule has 4 rings (SSSR count). The summed E-state index contributed by atoms with van der Waals surface area (Å²) in [4.78, 5) is 22.8. The van der Waals surface area contributed by atoms with E-state index in [0.717, 1.165) is 29.1 Å². The van der Waals surface area contributed by atoms with E-state index in [1.54, 1.807) is 25.4 Å². The van der Waals surface area contributed by atoms with Crippen molar-refractivity contribution in [2.75, 3.05) is 38.8 Å². The van der Waals surface area contributed by atoms with Gasteiger partial charge in [0.15, 0.2) is 0 Å². The minimum atomic E-state index is 0.00526. The van der Waals surface area contributed by atoms with Crippen molar-refractivity contribution in [2.24, 2.45) is 0 Å². The van der Waals surface area contributed by atoms with E-state index in [-0.39, 0.29) is 5.91 Å². The van der Waals surface area contributed by atoms with Gasteiger partial charge in [0.25, 0.3) is 0 Å². The molecule has 0 saturated carbocycles. The molecule has 1 N–H and O–H groups in total. The lowest BCUT2D eigenvalue weighted by molar-refractivity contribution is -0.120. The number of nitrogens with one attached hydrogen (secondary N) is 1. The molecule has 1 fully saturated rings. The number of rotatable bonds is 6. The van der Waals surface area contributed by atoms with Gasteiger partial charge in [0.1, 0.15) is 23.4 Å². The number of ether oxygens (including phenoxy) is 2. The molecule has 2 aromatic carbocycles. The van der Waals surface area contributed by atoms with Crippen LogP contribution in [0.15, 0.2) is 48.7 Å². The summed E-state index contributed by atoms with van der Waals surface area (Å²) in [5.74, 6) is 1.90. The topological polar surface area (TPSA) is 100 Å². The van der Waals surface area contributed by atoms with Crippen LogP contribution in [0.1, 0.15) is 17.0 Å². The number of carbonyl (C=O) groups excluding carboxylic acids is 1. The number of anilines is 1. The molecule has 8 nitrogen and oxygen atoms in total. The number of nitrogens with zero attached hydrogens (tertiary/aromatic N) is 4. The minimum Gasteiger partial charge on any atom is -0.495 e. The number of benzene rings is 2. The molecule has 0 bridgehead atoms. The lowest BCUT2D eigenvalue weighted by Gasteiger charge is -2.30. The lowest BCUT2D eigenvalue weighted by atomic mass is 10.1. The summed E-state index contributed by atoms with van der Waals surface area (Å²) in [5.41, 5.74) is 3.90. The molecule has 8 heteroatoms. The Kier molecular flexibility index (Phi) is 6.17. The second kappa shape index (κ2) is 9.35. The quantitative estimate of drug-likeness (QED) is 0.643. The van der Waals surface area contributed by atoms with Gasteiger partial charge in [-0.25, -0.2) is 9.97 Å². The molecule has 0 atom stereocenters. The van der Waals surface area contributed by atoms with Crippen LogP contribution in [0.4, 0.5) is 5.69 Å². The molecule has 0 radical (unpaired) electrons. The monoisotopic (exact) mass is 429 g/mol. The molecular weight excluding hydrogens is 406 g/mol. The largest absolute Gasteiger partial charge is 0.495 e. The Morgan fingerprint density at radius 2 is 1.97 bits per heavy atom. The van der Waals surface area contributed by atoms with Crippen LogP contribution in [0.3, 0.4) is 0 Å². The average Bonchev–Trinajstić information content (AvgIpc) is 2.83. The number of carbonyl (C=O) groups is 1. The summed E-state index contributed by atoms with van der Waals surface area (Å²) in [5, 5.41) is 12.2. The third-order valence-electron chi connectivity index (χ3n) is 5.31. The highest BCUT2D eigenvalue weighted by Crippen LogP contribution is 2.31. The van der Waals surface area contributed by atoms with Crippen LogP contribution in [0.5, 0.6) is 11.5 Å². The first-order valence-electron chi connectivity index (χ1n) is 10.2. The fourth-order valence-corrected chi connectivity index (χ4v) is 3.72. The van der Waals surface area contributed by atoms with Gasteiger partial charge in [0.05, 0.1) is 37.7 Å². The van der Waals surface area contributed by atoms with Crippen LogP contribution in [0.2, 0.25) is 0 Å². The molecule has 0 unspecified atom stereocenters. The van der Waals surface area contributed by atoms with Crippen LogP contribution in [0.25, 0.3) is 11.3 Å². The third kappa shape index (κ3) is 4.47. The smallest absolute Gasteiger partial charge is 0.239 e. The third-order valence-corrected chi connectivity index (χ3v) is 5.31. The maximum absolute atomic E-state index is 11.7.